The minimum absolute atomic E-state index is 0.00156. The average Bonchev–Trinajstić information content (AvgIpc) is 3.30. The number of fused-ring (bicyclic) bond motifs is 1. The third kappa shape index (κ3) is 3.18. The van der Waals surface area contributed by atoms with Crippen LogP contribution in [0, 0.1) is 0 Å². The number of carbonyl (C=O) groups excluding carboxylic acids is 1. The molecule has 1 N–H and O–H groups in total. The van der Waals surface area contributed by atoms with E-state index >= 15 is 0 Å². The highest BCUT2D eigenvalue weighted by atomic mass is 32.1. The van der Waals surface area contributed by atoms with E-state index in [9.17, 15) is 4.79 Å². The van der Waals surface area contributed by atoms with Gasteiger partial charge in [-0.3, -0.25) is 4.79 Å². The number of nitrogens with one attached hydrogen (secondary N) is 1. The van der Waals surface area contributed by atoms with Gasteiger partial charge in [0.1, 0.15) is 11.3 Å². The molecule has 1 aromatic heterocycles. The monoisotopic (exact) mass is 347 g/mol. The van der Waals surface area contributed by atoms with E-state index in [2.05, 4.69) is 16.3 Å². The highest BCUT2D eigenvalue weighted by Crippen LogP contribution is 2.34. The molecule has 1 aliphatic carbocycles. The first-order valence-electron chi connectivity index (χ1n) is 8.44. The predicted octanol–water partition coefficient (Wildman–Crippen LogP) is 2.18. The molecule has 24 heavy (non-hydrogen) atoms. The number of hydrogen-bond donors (Lipinski definition) is 1. The fourth-order valence-electron chi connectivity index (χ4n) is 2.82. The number of rotatable bonds is 5. The second kappa shape index (κ2) is 6.57. The number of morpholine rings is 1. The molecular weight excluding hydrogens is 326 g/mol. The van der Waals surface area contributed by atoms with Gasteiger partial charge in [0.15, 0.2) is 11.2 Å². The van der Waals surface area contributed by atoms with Crippen LogP contribution in [0.4, 0.5) is 5.13 Å². The summed E-state index contributed by atoms with van der Waals surface area (Å²) in [6, 6.07) is 6.34. The maximum atomic E-state index is 12.2. The summed E-state index contributed by atoms with van der Waals surface area (Å²) < 4.78 is 12.4. The minimum atomic E-state index is -0.419. The van der Waals surface area contributed by atoms with Crippen molar-refractivity contribution in [3.8, 4) is 5.75 Å². The van der Waals surface area contributed by atoms with E-state index in [0.717, 1.165) is 40.5 Å². The van der Waals surface area contributed by atoms with Gasteiger partial charge in [0, 0.05) is 12.6 Å². The number of para-hydroxylation sites is 1. The van der Waals surface area contributed by atoms with Crippen molar-refractivity contribution in [2.45, 2.75) is 31.9 Å². The zero-order chi connectivity index (χ0) is 16.5. The number of amides is 1. The van der Waals surface area contributed by atoms with Gasteiger partial charge in [0.25, 0.3) is 5.91 Å². The second-order valence-corrected chi connectivity index (χ2v) is 7.13. The van der Waals surface area contributed by atoms with Gasteiger partial charge in [-0.05, 0) is 31.9 Å². The van der Waals surface area contributed by atoms with Crippen LogP contribution in [0.25, 0.3) is 10.2 Å². The van der Waals surface area contributed by atoms with E-state index in [-0.39, 0.29) is 5.91 Å². The SMILES string of the molecule is CCOc1cccc2sc(N3CCOC(C(=O)NC4CC4)C3)nc12. The summed E-state index contributed by atoms with van der Waals surface area (Å²) in [5.41, 5.74) is 0.893. The number of carbonyl (C=O) groups is 1. The summed E-state index contributed by atoms with van der Waals surface area (Å²) in [5.74, 6) is 0.812. The Morgan fingerprint density at radius 1 is 1.50 bits per heavy atom. The molecule has 0 bridgehead atoms. The smallest absolute Gasteiger partial charge is 0.251 e. The van der Waals surface area contributed by atoms with E-state index < -0.39 is 6.10 Å². The molecule has 2 aliphatic rings. The zero-order valence-corrected chi connectivity index (χ0v) is 14.5. The van der Waals surface area contributed by atoms with Crippen LogP contribution < -0.4 is 15.0 Å². The fraction of sp³-hybridized carbons (Fsp3) is 0.529. The van der Waals surface area contributed by atoms with E-state index in [1.165, 1.54) is 0 Å². The quantitative estimate of drug-likeness (QED) is 0.898. The molecule has 1 saturated heterocycles. The Labute approximate surface area is 144 Å². The van der Waals surface area contributed by atoms with Crippen LogP contribution in [-0.4, -0.2) is 49.3 Å². The topological polar surface area (TPSA) is 63.7 Å². The summed E-state index contributed by atoms with van der Waals surface area (Å²) >= 11 is 1.63. The van der Waals surface area contributed by atoms with Crippen molar-refractivity contribution in [2.24, 2.45) is 0 Å². The van der Waals surface area contributed by atoms with Crippen LogP contribution in [0.3, 0.4) is 0 Å². The molecule has 7 heteroatoms. The molecule has 2 fully saturated rings. The lowest BCUT2D eigenvalue weighted by atomic mass is 10.2. The summed E-state index contributed by atoms with van der Waals surface area (Å²) in [7, 11) is 0. The maximum Gasteiger partial charge on any atom is 0.251 e. The third-order valence-electron chi connectivity index (χ3n) is 4.22. The Bertz CT molecular complexity index is 744. The van der Waals surface area contributed by atoms with Crippen LogP contribution in [0.1, 0.15) is 19.8 Å². The van der Waals surface area contributed by atoms with Crippen molar-refractivity contribution in [3.63, 3.8) is 0 Å². The number of hydrogen-bond acceptors (Lipinski definition) is 6. The van der Waals surface area contributed by atoms with Crippen LogP contribution >= 0.6 is 11.3 Å². The second-order valence-electron chi connectivity index (χ2n) is 6.12. The van der Waals surface area contributed by atoms with E-state index in [0.29, 0.717) is 25.8 Å². The Morgan fingerprint density at radius 3 is 3.17 bits per heavy atom. The molecule has 1 aromatic carbocycles. The fourth-order valence-corrected chi connectivity index (χ4v) is 3.84. The molecule has 0 spiro atoms. The van der Waals surface area contributed by atoms with Crippen molar-refractivity contribution in [3.05, 3.63) is 18.2 Å². The molecule has 4 rings (SSSR count). The molecule has 1 saturated carbocycles. The van der Waals surface area contributed by atoms with Crippen LogP contribution in [0.2, 0.25) is 0 Å². The molecule has 128 valence electrons. The van der Waals surface area contributed by atoms with Gasteiger partial charge in [-0.2, -0.15) is 0 Å². The number of benzene rings is 1. The Balaban J connectivity index is 1.53. The van der Waals surface area contributed by atoms with E-state index in [1.54, 1.807) is 11.3 Å². The molecule has 2 heterocycles. The average molecular weight is 347 g/mol. The van der Waals surface area contributed by atoms with E-state index in [4.69, 9.17) is 14.5 Å². The number of thiazole rings is 1. The largest absolute Gasteiger partial charge is 0.492 e. The lowest BCUT2D eigenvalue weighted by Crippen LogP contribution is -2.50. The van der Waals surface area contributed by atoms with Crippen LogP contribution in [0.15, 0.2) is 18.2 Å². The molecule has 6 nitrogen and oxygen atoms in total. The van der Waals surface area contributed by atoms with Gasteiger partial charge in [-0.25, -0.2) is 4.98 Å². The van der Waals surface area contributed by atoms with Crippen molar-refractivity contribution in [1.29, 1.82) is 0 Å². The van der Waals surface area contributed by atoms with Gasteiger partial charge in [0.2, 0.25) is 0 Å². The summed E-state index contributed by atoms with van der Waals surface area (Å²) in [5, 5.41) is 3.94. The van der Waals surface area contributed by atoms with Crippen molar-refractivity contribution < 1.29 is 14.3 Å². The normalized spacial score (nSPS) is 21.0. The molecule has 1 unspecified atom stereocenters. The Hall–Kier alpha value is -1.86. The van der Waals surface area contributed by atoms with Crippen molar-refractivity contribution >= 4 is 32.6 Å². The molecule has 1 amide bonds. The summed E-state index contributed by atoms with van der Waals surface area (Å²) in [6.45, 7) is 4.42. The molecule has 2 aromatic rings. The van der Waals surface area contributed by atoms with Gasteiger partial charge in [-0.15, -0.1) is 0 Å². The Morgan fingerprint density at radius 2 is 2.38 bits per heavy atom. The first kappa shape index (κ1) is 15.7. The predicted molar refractivity (Wildman–Crippen MR) is 93.9 cm³/mol. The molecule has 1 atom stereocenters. The third-order valence-corrected chi connectivity index (χ3v) is 5.31. The molecular formula is C17H21N3O3S. The molecule has 0 radical (unpaired) electrons. The first-order valence-corrected chi connectivity index (χ1v) is 9.25. The van der Waals surface area contributed by atoms with Crippen molar-refractivity contribution in [1.82, 2.24) is 10.3 Å². The minimum Gasteiger partial charge on any atom is -0.492 e. The van der Waals surface area contributed by atoms with Gasteiger partial charge in [0.05, 0.1) is 24.5 Å². The zero-order valence-electron chi connectivity index (χ0n) is 13.7. The van der Waals surface area contributed by atoms with Gasteiger partial charge in [-0.1, -0.05) is 17.4 Å². The highest BCUT2D eigenvalue weighted by molar-refractivity contribution is 7.22. The molecule has 1 aliphatic heterocycles. The number of ether oxygens (including phenoxy) is 2. The van der Waals surface area contributed by atoms with Crippen LogP contribution in [0.5, 0.6) is 5.75 Å². The summed E-state index contributed by atoms with van der Waals surface area (Å²) in [4.78, 5) is 19.1. The number of aromatic nitrogens is 1. The van der Waals surface area contributed by atoms with Gasteiger partial charge >= 0.3 is 0 Å². The number of nitrogens with zero attached hydrogens (tertiary/aromatic N) is 2. The standard InChI is InChI=1S/C17H21N3O3S/c1-2-22-12-4-3-5-14-15(12)19-17(24-14)20-8-9-23-13(10-20)16(21)18-11-6-7-11/h3-5,11,13H,2,6-10H2,1H3,(H,18,21). The van der Waals surface area contributed by atoms with Crippen LogP contribution in [-0.2, 0) is 9.53 Å². The highest BCUT2D eigenvalue weighted by Gasteiger charge is 2.32. The lowest BCUT2D eigenvalue weighted by Gasteiger charge is -2.31. The lowest BCUT2D eigenvalue weighted by molar-refractivity contribution is -0.133. The summed E-state index contributed by atoms with van der Waals surface area (Å²) in [6.07, 6.45) is 1.75. The number of anilines is 1. The Kier molecular flexibility index (Phi) is 4.28. The van der Waals surface area contributed by atoms with Gasteiger partial charge < -0.3 is 19.7 Å². The van der Waals surface area contributed by atoms with E-state index in [1.807, 2.05) is 19.1 Å². The van der Waals surface area contributed by atoms with Crippen molar-refractivity contribution in [2.75, 3.05) is 31.2 Å². The maximum absolute atomic E-state index is 12.2. The first-order chi connectivity index (χ1) is 11.7.